The molecule has 0 bridgehead atoms. The van der Waals surface area contributed by atoms with Crippen molar-refractivity contribution in [1.82, 2.24) is 5.32 Å². The second-order valence-electron chi connectivity index (χ2n) is 17.8. The molecule has 0 aromatic heterocycles. The molecule has 0 radical (unpaired) electrons. The van der Waals surface area contributed by atoms with Crippen molar-refractivity contribution in [3.63, 3.8) is 0 Å². The van der Waals surface area contributed by atoms with Gasteiger partial charge in [0.05, 0.1) is 39.9 Å². The van der Waals surface area contributed by atoms with Gasteiger partial charge in [0.15, 0.2) is 0 Å². The zero-order valence-corrected chi connectivity index (χ0v) is 41.9. The summed E-state index contributed by atoms with van der Waals surface area (Å²) < 4.78 is 23.6. The van der Waals surface area contributed by atoms with Gasteiger partial charge in [0.2, 0.25) is 5.91 Å². The van der Waals surface area contributed by atoms with E-state index in [1.165, 1.54) is 96.3 Å². The normalized spacial score (nSPS) is 15.0. The van der Waals surface area contributed by atoms with E-state index in [2.05, 4.69) is 104 Å². The molecule has 0 aliphatic rings. The van der Waals surface area contributed by atoms with Crippen LogP contribution in [0.25, 0.3) is 0 Å². The molecule has 0 aliphatic carbocycles. The lowest BCUT2D eigenvalue weighted by molar-refractivity contribution is -0.870. The number of quaternary nitrogens is 1. The largest absolute Gasteiger partial charge is 0.472 e. The molecule has 0 saturated heterocycles. The van der Waals surface area contributed by atoms with Gasteiger partial charge in [0.25, 0.3) is 0 Å². The van der Waals surface area contributed by atoms with Gasteiger partial charge in [-0.2, -0.15) is 0 Å². The van der Waals surface area contributed by atoms with Gasteiger partial charge in [-0.05, 0) is 83.5 Å². The minimum absolute atomic E-state index is 0.0376. The van der Waals surface area contributed by atoms with E-state index in [1.807, 2.05) is 27.2 Å². The Morgan fingerprint density at radius 1 is 0.556 bits per heavy atom. The first kappa shape index (κ1) is 60.4. The first-order valence-corrected chi connectivity index (χ1v) is 26.6. The second-order valence-corrected chi connectivity index (χ2v) is 19.2. The van der Waals surface area contributed by atoms with Crippen LogP contribution in [0.15, 0.2) is 97.2 Å². The van der Waals surface area contributed by atoms with E-state index in [1.54, 1.807) is 6.08 Å². The third-order valence-corrected chi connectivity index (χ3v) is 11.5. The van der Waals surface area contributed by atoms with Crippen LogP contribution < -0.4 is 5.32 Å². The summed E-state index contributed by atoms with van der Waals surface area (Å²) in [5.41, 5.74) is 0. The highest BCUT2D eigenvalue weighted by Gasteiger charge is 2.27. The summed E-state index contributed by atoms with van der Waals surface area (Å²) >= 11 is 0. The molecule has 0 aromatic carbocycles. The molecule has 1 amide bonds. The zero-order chi connectivity index (χ0) is 46.4. The fourth-order valence-electron chi connectivity index (χ4n) is 6.58. The van der Waals surface area contributed by atoms with Crippen molar-refractivity contribution in [3.8, 4) is 0 Å². The van der Waals surface area contributed by atoms with E-state index in [0.29, 0.717) is 17.4 Å². The topological polar surface area (TPSA) is 105 Å². The number of hydrogen-bond acceptors (Lipinski definition) is 5. The van der Waals surface area contributed by atoms with E-state index < -0.39 is 20.0 Å². The summed E-state index contributed by atoms with van der Waals surface area (Å²) in [6.07, 6.45) is 63.7. The number of phosphoric ester groups is 1. The molecule has 8 nitrogen and oxygen atoms in total. The van der Waals surface area contributed by atoms with E-state index in [0.717, 1.165) is 64.2 Å². The van der Waals surface area contributed by atoms with Crippen LogP contribution >= 0.6 is 7.82 Å². The number of aliphatic hydroxyl groups is 1. The fourth-order valence-corrected chi connectivity index (χ4v) is 7.31. The van der Waals surface area contributed by atoms with Gasteiger partial charge in [-0.15, -0.1) is 0 Å². The molecule has 0 spiro atoms. The fraction of sp³-hybridized carbons (Fsp3) is 0.685. The number of nitrogens with one attached hydrogen (secondary N) is 1. The van der Waals surface area contributed by atoms with E-state index >= 15 is 0 Å². The maximum atomic E-state index is 12.9. The van der Waals surface area contributed by atoms with E-state index in [-0.39, 0.29) is 25.5 Å². The van der Waals surface area contributed by atoms with Crippen molar-refractivity contribution in [1.29, 1.82) is 0 Å². The van der Waals surface area contributed by atoms with Crippen LogP contribution in [0.3, 0.4) is 0 Å². The SMILES string of the molecule is CC/C=C\C/C=C\C/C=C\C/C=C\C/C=C\CCCC(=O)NC(COP(=O)(O)OCC[N+](C)(C)C)C(O)/C=C/CC/C=C/CC/C=C/CCCCCCCCCCCCCCCC. The molecule has 0 aliphatic heterocycles. The minimum atomic E-state index is -4.38. The van der Waals surface area contributed by atoms with Gasteiger partial charge >= 0.3 is 7.82 Å². The molecule has 0 saturated carbocycles. The van der Waals surface area contributed by atoms with E-state index in [4.69, 9.17) is 9.05 Å². The molecule has 3 unspecified atom stereocenters. The van der Waals surface area contributed by atoms with Crippen LogP contribution in [0, 0.1) is 0 Å². The molecule has 0 aromatic rings. The highest BCUT2D eigenvalue weighted by molar-refractivity contribution is 7.47. The highest BCUT2D eigenvalue weighted by Crippen LogP contribution is 2.43. The number of likely N-dealkylation sites (N-methyl/N-ethyl adjacent to an activating group) is 1. The van der Waals surface area contributed by atoms with Gasteiger partial charge in [0, 0.05) is 6.42 Å². The first-order valence-electron chi connectivity index (χ1n) is 25.1. The minimum Gasteiger partial charge on any atom is -0.387 e. The number of nitrogens with zero attached hydrogens (tertiary/aromatic N) is 1. The maximum Gasteiger partial charge on any atom is 0.472 e. The number of amides is 1. The number of aliphatic hydroxyl groups excluding tert-OH is 1. The van der Waals surface area contributed by atoms with Crippen molar-refractivity contribution < 1.29 is 32.9 Å². The Balaban J connectivity index is 4.49. The lowest BCUT2D eigenvalue weighted by Crippen LogP contribution is -2.45. The highest BCUT2D eigenvalue weighted by atomic mass is 31.2. The molecule has 9 heteroatoms. The molecule has 63 heavy (non-hydrogen) atoms. The van der Waals surface area contributed by atoms with Crippen molar-refractivity contribution in [2.24, 2.45) is 0 Å². The lowest BCUT2D eigenvalue weighted by atomic mass is 10.0. The molecule has 0 heterocycles. The zero-order valence-electron chi connectivity index (χ0n) is 41.0. The summed E-state index contributed by atoms with van der Waals surface area (Å²) in [6, 6.07) is -0.906. The van der Waals surface area contributed by atoms with Gasteiger partial charge in [-0.1, -0.05) is 195 Å². The number of hydrogen-bond donors (Lipinski definition) is 3. The van der Waals surface area contributed by atoms with Crippen LogP contribution in [0.5, 0.6) is 0 Å². The van der Waals surface area contributed by atoms with Gasteiger partial charge < -0.3 is 19.8 Å². The van der Waals surface area contributed by atoms with Gasteiger partial charge in [-0.25, -0.2) is 4.57 Å². The van der Waals surface area contributed by atoms with E-state index in [9.17, 15) is 19.4 Å². The van der Waals surface area contributed by atoms with Crippen LogP contribution in [0.2, 0.25) is 0 Å². The smallest absolute Gasteiger partial charge is 0.387 e. The van der Waals surface area contributed by atoms with Crippen molar-refractivity contribution in [3.05, 3.63) is 97.2 Å². The number of phosphoric acid groups is 1. The average molecular weight is 900 g/mol. The number of rotatable bonds is 44. The standard InChI is InChI=1S/C54H95N2O6P/c1-6-8-10-12-14-16-18-20-22-24-25-26-27-28-29-30-32-33-35-37-39-41-43-45-47-53(57)52(51-62-63(59,60)61-50-49-56(3,4)5)55-54(58)48-46-44-42-40-38-36-34-31-23-21-19-17-15-13-11-9-7-2/h9,11,15,17,21,23,30,32,34,36-37,39-40,42,45,47,52-53,57H,6-8,10,12-14,16,18-20,22,24-29,31,33,35,38,41,43-44,46,48-51H2,1-5H3,(H-,55,58,59,60)/p+1/b11-9-,17-15-,23-21-,32-30+,36-34-,39-37+,42-40-,47-45+. The Kier molecular flexibility index (Phi) is 42.8. The predicted molar refractivity (Wildman–Crippen MR) is 272 cm³/mol. The van der Waals surface area contributed by atoms with Crippen molar-refractivity contribution >= 4 is 13.7 Å². The van der Waals surface area contributed by atoms with Crippen molar-refractivity contribution in [2.75, 3.05) is 40.9 Å². The number of carbonyl (C=O) groups is 1. The summed E-state index contributed by atoms with van der Waals surface area (Å²) in [4.78, 5) is 23.2. The third-order valence-electron chi connectivity index (χ3n) is 10.5. The molecule has 362 valence electrons. The maximum absolute atomic E-state index is 12.9. The number of carbonyl (C=O) groups excluding carboxylic acids is 1. The van der Waals surface area contributed by atoms with Gasteiger partial charge in [0.1, 0.15) is 13.2 Å². The summed E-state index contributed by atoms with van der Waals surface area (Å²) in [5.74, 6) is -0.251. The first-order chi connectivity index (χ1) is 30.5. The molecule has 3 atom stereocenters. The molecule has 0 fully saturated rings. The van der Waals surface area contributed by atoms with Crippen LogP contribution in [0.4, 0.5) is 0 Å². The molecule has 3 N–H and O–H groups in total. The van der Waals surface area contributed by atoms with Crippen LogP contribution in [-0.4, -0.2) is 73.4 Å². The molecule has 0 rings (SSSR count). The Morgan fingerprint density at radius 3 is 1.46 bits per heavy atom. The number of unbranched alkanes of at least 4 members (excludes halogenated alkanes) is 17. The Labute approximate surface area is 388 Å². The summed E-state index contributed by atoms with van der Waals surface area (Å²) in [6.45, 7) is 4.61. The number of allylic oxidation sites excluding steroid dienone is 15. The van der Waals surface area contributed by atoms with Crippen molar-refractivity contribution in [2.45, 2.75) is 199 Å². The van der Waals surface area contributed by atoms with Crippen LogP contribution in [0.1, 0.15) is 187 Å². The Bertz CT molecular complexity index is 1340. The molecular formula is C54H96N2O6P+. The Hall–Kier alpha value is -2.58. The van der Waals surface area contributed by atoms with Crippen LogP contribution in [-0.2, 0) is 18.4 Å². The summed E-state index contributed by atoms with van der Waals surface area (Å²) in [5, 5.41) is 13.8. The lowest BCUT2D eigenvalue weighted by Gasteiger charge is -2.25. The molecular weight excluding hydrogens is 804 g/mol. The average Bonchev–Trinajstić information content (AvgIpc) is 3.24. The third kappa shape index (κ3) is 47.2. The summed E-state index contributed by atoms with van der Waals surface area (Å²) in [7, 11) is 1.49. The second kappa shape index (κ2) is 44.6. The predicted octanol–water partition coefficient (Wildman–Crippen LogP) is 14.7. The quantitative estimate of drug-likeness (QED) is 0.0243. The Morgan fingerprint density at radius 2 is 0.968 bits per heavy atom. The van der Waals surface area contributed by atoms with Gasteiger partial charge in [-0.3, -0.25) is 13.8 Å². The monoisotopic (exact) mass is 900 g/mol.